The number of rotatable bonds is 3. The molecule has 0 amide bonds. The van der Waals surface area contributed by atoms with E-state index in [1.807, 2.05) is 0 Å². The van der Waals surface area contributed by atoms with E-state index in [9.17, 15) is 13.5 Å². The molecule has 2 rings (SSSR count). The average molecular weight is 281 g/mol. The zero-order chi connectivity index (χ0) is 14.3. The zero-order valence-electron chi connectivity index (χ0n) is 10.7. The lowest BCUT2D eigenvalue weighted by Crippen LogP contribution is -2.61. The number of sulfonamides is 1. The molecule has 6 nitrogen and oxygen atoms in total. The van der Waals surface area contributed by atoms with Gasteiger partial charge in [0.2, 0.25) is 10.0 Å². The second-order valence-corrected chi connectivity index (χ2v) is 6.89. The normalized spacial score (nSPS) is 25.4. The van der Waals surface area contributed by atoms with Crippen molar-refractivity contribution in [3.05, 3.63) is 24.0 Å². The van der Waals surface area contributed by atoms with E-state index in [1.54, 1.807) is 19.9 Å². The topological polar surface area (TPSA) is 103 Å². The summed E-state index contributed by atoms with van der Waals surface area (Å²) < 4.78 is 27.0. The number of hydrogen-bond donors (Lipinski definition) is 2. The minimum absolute atomic E-state index is 0.130. The maximum Gasteiger partial charge on any atom is 0.243 e. The van der Waals surface area contributed by atoms with Crippen molar-refractivity contribution in [2.24, 2.45) is 5.41 Å². The summed E-state index contributed by atoms with van der Waals surface area (Å²) in [5, 5.41) is 18.5. The molecule has 0 saturated heterocycles. The lowest BCUT2D eigenvalue weighted by Gasteiger charge is -2.49. The highest BCUT2D eigenvalue weighted by Crippen LogP contribution is 2.41. The highest BCUT2D eigenvalue weighted by atomic mass is 32.2. The van der Waals surface area contributed by atoms with Crippen LogP contribution in [0.5, 0.6) is 0 Å². The first-order valence-corrected chi connectivity index (χ1v) is 7.33. The summed E-state index contributed by atoms with van der Waals surface area (Å²) >= 11 is 0. The van der Waals surface area contributed by atoms with Crippen LogP contribution >= 0.6 is 0 Å². The zero-order valence-corrected chi connectivity index (χ0v) is 11.5. The van der Waals surface area contributed by atoms with Gasteiger partial charge in [-0.25, -0.2) is 18.1 Å². The van der Waals surface area contributed by atoms with Gasteiger partial charge >= 0.3 is 0 Å². The first-order valence-electron chi connectivity index (χ1n) is 5.84. The van der Waals surface area contributed by atoms with Crippen LogP contribution in [-0.2, 0) is 10.0 Å². The van der Waals surface area contributed by atoms with Crippen molar-refractivity contribution in [2.75, 3.05) is 0 Å². The maximum atomic E-state index is 12.2. The summed E-state index contributed by atoms with van der Waals surface area (Å²) in [7, 11) is -3.80. The summed E-state index contributed by atoms with van der Waals surface area (Å²) in [5.74, 6) is 0. The van der Waals surface area contributed by atoms with Crippen LogP contribution in [0, 0.1) is 16.7 Å². The molecular weight excluding hydrogens is 266 g/mol. The fraction of sp³-hybridized carbons (Fsp3) is 0.500. The first kappa shape index (κ1) is 13.9. The van der Waals surface area contributed by atoms with Crippen molar-refractivity contribution in [3.63, 3.8) is 0 Å². The van der Waals surface area contributed by atoms with Crippen LogP contribution in [0.2, 0.25) is 0 Å². The van der Waals surface area contributed by atoms with Gasteiger partial charge in [-0.3, -0.25) is 0 Å². The van der Waals surface area contributed by atoms with Crippen molar-refractivity contribution < 1.29 is 13.5 Å². The van der Waals surface area contributed by atoms with Crippen LogP contribution in [0.3, 0.4) is 0 Å². The summed E-state index contributed by atoms with van der Waals surface area (Å²) in [6.07, 6.45) is 1.22. The van der Waals surface area contributed by atoms with Gasteiger partial charge in [-0.1, -0.05) is 13.8 Å². The van der Waals surface area contributed by atoms with Gasteiger partial charge in [0.15, 0.2) is 5.69 Å². The largest absolute Gasteiger partial charge is 0.392 e. The lowest BCUT2D eigenvalue weighted by molar-refractivity contribution is -0.0645. The van der Waals surface area contributed by atoms with E-state index >= 15 is 0 Å². The van der Waals surface area contributed by atoms with Gasteiger partial charge < -0.3 is 5.11 Å². The monoisotopic (exact) mass is 281 g/mol. The molecular formula is C12H15N3O3S. The highest BCUT2D eigenvalue weighted by Gasteiger charge is 2.49. The number of nitrogens with one attached hydrogen (secondary N) is 1. The third-order valence-corrected chi connectivity index (χ3v) is 5.18. The summed E-state index contributed by atoms with van der Waals surface area (Å²) in [4.78, 5) is 3.61. The second-order valence-electron chi connectivity index (χ2n) is 5.21. The van der Waals surface area contributed by atoms with Gasteiger partial charge in [0.05, 0.1) is 6.10 Å². The molecule has 2 atom stereocenters. The standard InChI is InChI=1S/C12H15N3O3S/c1-12(2)10(6-11(12)16)15-19(17,18)9-4-3-5-14-8(9)7-13/h3-5,10-11,15-16H,6H2,1-2H3. The van der Waals surface area contributed by atoms with Crippen LogP contribution in [0.4, 0.5) is 0 Å². The third-order valence-electron chi connectivity index (χ3n) is 3.68. The molecule has 1 aromatic rings. The van der Waals surface area contributed by atoms with E-state index < -0.39 is 21.5 Å². The lowest BCUT2D eigenvalue weighted by atomic mass is 9.65. The Morgan fingerprint density at radius 1 is 1.58 bits per heavy atom. The minimum Gasteiger partial charge on any atom is -0.392 e. The van der Waals surface area contributed by atoms with Crippen LogP contribution in [-0.4, -0.2) is 30.7 Å². The Hall–Kier alpha value is -1.49. The van der Waals surface area contributed by atoms with Crippen LogP contribution in [0.15, 0.2) is 23.2 Å². The van der Waals surface area contributed by atoms with Gasteiger partial charge in [0.25, 0.3) is 0 Å². The molecule has 1 aromatic heterocycles. The number of aliphatic hydroxyl groups is 1. The minimum atomic E-state index is -3.80. The Kier molecular flexibility index (Phi) is 3.34. The van der Waals surface area contributed by atoms with Crippen molar-refractivity contribution >= 4 is 10.0 Å². The average Bonchev–Trinajstić information content (AvgIpc) is 2.38. The van der Waals surface area contributed by atoms with Gasteiger partial charge in [0.1, 0.15) is 11.0 Å². The van der Waals surface area contributed by atoms with E-state index in [-0.39, 0.29) is 16.6 Å². The van der Waals surface area contributed by atoms with Gasteiger partial charge in [0, 0.05) is 17.7 Å². The van der Waals surface area contributed by atoms with Gasteiger partial charge in [-0.15, -0.1) is 0 Å². The number of nitrogens with zero attached hydrogens (tertiary/aromatic N) is 2. The molecule has 0 radical (unpaired) electrons. The van der Waals surface area contributed by atoms with Crippen LogP contribution in [0.25, 0.3) is 0 Å². The van der Waals surface area contributed by atoms with Crippen molar-refractivity contribution in [3.8, 4) is 6.07 Å². The van der Waals surface area contributed by atoms with E-state index in [2.05, 4.69) is 9.71 Å². The molecule has 1 saturated carbocycles. The van der Waals surface area contributed by atoms with Crippen molar-refractivity contribution in [1.82, 2.24) is 9.71 Å². The molecule has 0 aromatic carbocycles. The van der Waals surface area contributed by atoms with E-state index in [0.29, 0.717) is 6.42 Å². The van der Waals surface area contributed by atoms with Gasteiger partial charge in [-0.05, 0) is 18.6 Å². The van der Waals surface area contributed by atoms with E-state index in [1.165, 1.54) is 18.3 Å². The Morgan fingerprint density at radius 3 is 2.79 bits per heavy atom. The Morgan fingerprint density at radius 2 is 2.26 bits per heavy atom. The Labute approximate surface area is 112 Å². The molecule has 7 heteroatoms. The summed E-state index contributed by atoms with van der Waals surface area (Å²) in [6, 6.07) is 4.22. The van der Waals surface area contributed by atoms with Crippen molar-refractivity contribution in [1.29, 1.82) is 5.26 Å². The number of aliphatic hydroxyl groups excluding tert-OH is 1. The molecule has 102 valence electrons. The third kappa shape index (κ3) is 2.34. The molecule has 2 unspecified atom stereocenters. The SMILES string of the molecule is CC1(C)C(O)CC1NS(=O)(=O)c1cccnc1C#N. The summed E-state index contributed by atoms with van der Waals surface area (Å²) in [6.45, 7) is 3.59. The smallest absolute Gasteiger partial charge is 0.243 e. The predicted molar refractivity (Wildman–Crippen MR) is 67.5 cm³/mol. The number of aromatic nitrogens is 1. The maximum absolute atomic E-state index is 12.2. The molecule has 1 fully saturated rings. The molecule has 0 spiro atoms. The Balaban J connectivity index is 2.28. The highest BCUT2D eigenvalue weighted by molar-refractivity contribution is 7.89. The molecule has 19 heavy (non-hydrogen) atoms. The number of hydrogen-bond acceptors (Lipinski definition) is 5. The van der Waals surface area contributed by atoms with E-state index in [0.717, 1.165) is 0 Å². The van der Waals surface area contributed by atoms with Crippen LogP contribution < -0.4 is 4.72 Å². The van der Waals surface area contributed by atoms with Crippen LogP contribution in [0.1, 0.15) is 26.0 Å². The second kappa shape index (κ2) is 4.56. The first-order chi connectivity index (χ1) is 8.79. The predicted octanol–water partition coefficient (Wildman–Crippen LogP) is 0.391. The number of pyridine rings is 1. The van der Waals surface area contributed by atoms with Crippen molar-refractivity contribution in [2.45, 2.75) is 37.3 Å². The quantitative estimate of drug-likeness (QED) is 0.834. The molecule has 0 bridgehead atoms. The van der Waals surface area contributed by atoms with Gasteiger partial charge in [-0.2, -0.15) is 5.26 Å². The molecule has 0 aliphatic heterocycles. The Bertz CT molecular complexity index is 634. The summed E-state index contributed by atoms with van der Waals surface area (Å²) in [5.41, 5.74) is -0.644. The molecule has 2 N–H and O–H groups in total. The molecule has 1 heterocycles. The fourth-order valence-corrected chi connectivity index (χ4v) is 3.56. The molecule has 1 aliphatic rings. The number of nitriles is 1. The fourth-order valence-electron chi connectivity index (χ4n) is 2.04. The molecule has 1 aliphatic carbocycles. The van der Waals surface area contributed by atoms with E-state index in [4.69, 9.17) is 5.26 Å².